The minimum atomic E-state index is 0.0189. The first-order chi connectivity index (χ1) is 8.66. The van der Waals surface area contributed by atoms with Gasteiger partial charge < -0.3 is 5.32 Å². The van der Waals surface area contributed by atoms with Crippen molar-refractivity contribution in [3.8, 4) is 0 Å². The number of hydrogen-bond donors (Lipinski definition) is 1. The van der Waals surface area contributed by atoms with E-state index in [9.17, 15) is 0 Å². The van der Waals surface area contributed by atoms with E-state index in [1.165, 1.54) is 9.13 Å². The topological polar surface area (TPSA) is 12.0 Å². The first-order valence-corrected chi connectivity index (χ1v) is 7.39. The largest absolute Gasteiger partial charge is 0.381 e. The van der Waals surface area contributed by atoms with E-state index in [-0.39, 0.29) is 5.38 Å². The van der Waals surface area contributed by atoms with Gasteiger partial charge in [-0.25, -0.2) is 0 Å². The van der Waals surface area contributed by atoms with Crippen molar-refractivity contribution in [2.24, 2.45) is 0 Å². The summed E-state index contributed by atoms with van der Waals surface area (Å²) in [6, 6.07) is 16.7. The summed E-state index contributed by atoms with van der Waals surface area (Å²) in [5.74, 6) is 0. The van der Waals surface area contributed by atoms with Gasteiger partial charge in [0, 0.05) is 15.8 Å². The van der Waals surface area contributed by atoms with Crippen LogP contribution in [0.3, 0.4) is 0 Å². The van der Waals surface area contributed by atoms with Crippen molar-refractivity contribution in [3.63, 3.8) is 0 Å². The van der Waals surface area contributed by atoms with Gasteiger partial charge >= 0.3 is 0 Å². The zero-order chi connectivity index (χ0) is 13.0. The van der Waals surface area contributed by atoms with Crippen molar-refractivity contribution in [2.75, 3.05) is 5.32 Å². The van der Waals surface area contributed by atoms with Crippen LogP contribution in [0.5, 0.6) is 0 Å². The lowest BCUT2D eigenvalue weighted by Gasteiger charge is -2.13. The van der Waals surface area contributed by atoms with Gasteiger partial charge in [0.1, 0.15) is 0 Å². The van der Waals surface area contributed by atoms with E-state index in [0.29, 0.717) is 0 Å². The molecule has 0 aliphatic carbocycles. The molecule has 1 atom stereocenters. The van der Waals surface area contributed by atoms with Crippen LogP contribution in [0.1, 0.15) is 23.4 Å². The maximum absolute atomic E-state index is 6.17. The highest BCUT2D eigenvalue weighted by Crippen LogP contribution is 2.27. The van der Waals surface area contributed by atoms with E-state index < -0.39 is 0 Å². The third-order valence-electron chi connectivity index (χ3n) is 2.79. The molecule has 1 N–H and O–H groups in total. The summed E-state index contributed by atoms with van der Waals surface area (Å²) >= 11 is 8.48. The Hall–Kier alpha value is -0.740. The fourth-order valence-corrected chi connectivity index (χ4v) is 2.35. The predicted octanol–water partition coefficient (Wildman–Crippen LogP) is 5.20. The fraction of sp³-hybridized carbons (Fsp3) is 0.200. The molecule has 1 nitrogen and oxygen atoms in total. The Labute approximate surface area is 127 Å². The zero-order valence-electron chi connectivity index (χ0n) is 10.2. The molecule has 0 amide bonds. The van der Waals surface area contributed by atoms with E-state index in [1.807, 2.05) is 19.1 Å². The van der Waals surface area contributed by atoms with Gasteiger partial charge in [-0.15, -0.1) is 11.6 Å². The highest BCUT2D eigenvalue weighted by Gasteiger charge is 2.06. The van der Waals surface area contributed by atoms with Gasteiger partial charge in [-0.3, -0.25) is 0 Å². The molecule has 2 aromatic carbocycles. The van der Waals surface area contributed by atoms with Crippen LogP contribution < -0.4 is 5.32 Å². The van der Waals surface area contributed by atoms with E-state index in [1.54, 1.807) is 0 Å². The van der Waals surface area contributed by atoms with E-state index in [4.69, 9.17) is 11.6 Å². The molecule has 0 heterocycles. The molecule has 0 fully saturated rings. The number of anilines is 1. The minimum Gasteiger partial charge on any atom is -0.381 e. The molecule has 2 aromatic rings. The van der Waals surface area contributed by atoms with Crippen LogP contribution in [0.25, 0.3) is 0 Å². The van der Waals surface area contributed by atoms with E-state index in [2.05, 4.69) is 64.3 Å². The molecule has 0 saturated heterocycles. The van der Waals surface area contributed by atoms with Crippen LogP contribution in [0.2, 0.25) is 0 Å². The van der Waals surface area contributed by atoms with Gasteiger partial charge in [-0.1, -0.05) is 30.3 Å². The number of para-hydroxylation sites is 1. The molecule has 0 aliphatic heterocycles. The summed E-state index contributed by atoms with van der Waals surface area (Å²) < 4.78 is 1.26. The molecule has 94 valence electrons. The molecule has 0 aliphatic rings. The monoisotopic (exact) mass is 371 g/mol. The summed E-state index contributed by atoms with van der Waals surface area (Å²) in [4.78, 5) is 0. The Morgan fingerprint density at radius 3 is 2.44 bits per heavy atom. The molecule has 18 heavy (non-hydrogen) atoms. The quantitative estimate of drug-likeness (QED) is 0.575. The number of rotatable bonds is 4. The highest BCUT2D eigenvalue weighted by molar-refractivity contribution is 14.1. The normalized spacial score (nSPS) is 12.2. The lowest BCUT2D eigenvalue weighted by atomic mass is 10.1. The lowest BCUT2D eigenvalue weighted by Crippen LogP contribution is -2.02. The number of benzene rings is 2. The van der Waals surface area contributed by atoms with Gasteiger partial charge in [0.15, 0.2) is 0 Å². The molecule has 0 bridgehead atoms. The summed E-state index contributed by atoms with van der Waals surface area (Å²) in [5.41, 5.74) is 3.52. The van der Waals surface area contributed by atoms with Crippen molar-refractivity contribution >= 4 is 39.9 Å². The summed E-state index contributed by atoms with van der Waals surface area (Å²) in [6.07, 6.45) is 0. The average Bonchev–Trinajstić information content (AvgIpc) is 2.38. The zero-order valence-corrected chi connectivity index (χ0v) is 13.1. The Morgan fingerprint density at radius 1 is 1.11 bits per heavy atom. The predicted molar refractivity (Wildman–Crippen MR) is 87.2 cm³/mol. The number of nitrogens with one attached hydrogen (secondary N) is 1. The second kappa shape index (κ2) is 6.43. The van der Waals surface area contributed by atoms with Crippen molar-refractivity contribution in [1.82, 2.24) is 0 Å². The first-order valence-electron chi connectivity index (χ1n) is 5.88. The molecule has 0 saturated carbocycles. The molecular weight excluding hydrogens is 357 g/mol. The second-order valence-corrected chi connectivity index (χ2v) is 6.08. The molecule has 2 rings (SSSR count). The SMILES string of the molecule is CC(Cl)c1ccccc1NCc1ccc(I)cc1. The van der Waals surface area contributed by atoms with Crippen molar-refractivity contribution in [3.05, 3.63) is 63.2 Å². The number of halogens is 2. The van der Waals surface area contributed by atoms with Gasteiger partial charge in [0.05, 0.1) is 5.38 Å². The smallest absolute Gasteiger partial charge is 0.0577 e. The van der Waals surface area contributed by atoms with Gasteiger partial charge in [0.2, 0.25) is 0 Å². The van der Waals surface area contributed by atoms with Crippen LogP contribution in [0, 0.1) is 3.57 Å². The summed E-state index contributed by atoms with van der Waals surface area (Å²) in [7, 11) is 0. The minimum absolute atomic E-state index is 0.0189. The average molecular weight is 372 g/mol. The maximum atomic E-state index is 6.17. The number of alkyl halides is 1. The summed E-state index contributed by atoms with van der Waals surface area (Å²) in [5, 5.41) is 3.46. The Bertz CT molecular complexity index is 508. The van der Waals surface area contributed by atoms with Crippen molar-refractivity contribution in [2.45, 2.75) is 18.8 Å². The van der Waals surface area contributed by atoms with Crippen LogP contribution in [0.4, 0.5) is 5.69 Å². The highest BCUT2D eigenvalue weighted by atomic mass is 127. The molecule has 0 aromatic heterocycles. The van der Waals surface area contributed by atoms with Crippen LogP contribution in [0.15, 0.2) is 48.5 Å². The Morgan fingerprint density at radius 2 is 1.78 bits per heavy atom. The van der Waals surface area contributed by atoms with Gasteiger partial charge in [-0.2, -0.15) is 0 Å². The second-order valence-electron chi connectivity index (χ2n) is 4.18. The van der Waals surface area contributed by atoms with Crippen LogP contribution >= 0.6 is 34.2 Å². The van der Waals surface area contributed by atoms with E-state index >= 15 is 0 Å². The molecule has 3 heteroatoms. The molecule has 0 radical (unpaired) electrons. The third kappa shape index (κ3) is 3.62. The molecule has 0 spiro atoms. The fourth-order valence-electron chi connectivity index (χ4n) is 1.80. The van der Waals surface area contributed by atoms with E-state index in [0.717, 1.165) is 17.8 Å². The van der Waals surface area contributed by atoms with Crippen LogP contribution in [-0.4, -0.2) is 0 Å². The van der Waals surface area contributed by atoms with Crippen LogP contribution in [-0.2, 0) is 6.54 Å². The molecule has 1 unspecified atom stereocenters. The van der Waals surface area contributed by atoms with Gasteiger partial charge in [-0.05, 0) is 58.8 Å². The lowest BCUT2D eigenvalue weighted by molar-refractivity contribution is 1.06. The van der Waals surface area contributed by atoms with Crippen molar-refractivity contribution in [1.29, 1.82) is 0 Å². The Kier molecular flexibility index (Phi) is 4.89. The molecular formula is C15H15ClIN. The third-order valence-corrected chi connectivity index (χ3v) is 3.74. The summed E-state index contributed by atoms with van der Waals surface area (Å²) in [6.45, 7) is 2.81. The number of hydrogen-bond acceptors (Lipinski definition) is 1. The maximum Gasteiger partial charge on any atom is 0.0577 e. The standard InChI is InChI=1S/C15H15ClIN/c1-11(16)14-4-2-3-5-15(14)18-10-12-6-8-13(17)9-7-12/h2-9,11,18H,10H2,1H3. The Balaban J connectivity index is 2.08. The van der Waals surface area contributed by atoms with Gasteiger partial charge in [0.25, 0.3) is 0 Å². The van der Waals surface area contributed by atoms with Crippen molar-refractivity contribution < 1.29 is 0 Å². The first kappa shape index (κ1) is 13.7.